The summed E-state index contributed by atoms with van der Waals surface area (Å²) in [5.41, 5.74) is 1.66. The number of piperidine rings is 1. The molecule has 2 saturated heterocycles. The highest BCUT2D eigenvalue weighted by molar-refractivity contribution is 6.10. The highest BCUT2D eigenvalue weighted by Crippen LogP contribution is 2.34. The van der Waals surface area contributed by atoms with Crippen LogP contribution in [0.4, 0.5) is 21.7 Å². The Balaban J connectivity index is 1.18. The van der Waals surface area contributed by atoms with E-state index in [2.05, 4.69) is 30.4 Å². The van der Waals surface area contributed by atoms with Crippen molar-refractivity contribution in [2.24, 2.45) is 0 Å². The van der Waals surface area contributed by atoms with Crippen molar-refractivity contribution in [2.75, 3.05) is 54.8 Å². The molecule has 8 nitrogen and oxygen atoms in total. The molecule has 9 heteroatoms. The first-order valence-electron chi connectivity index (χ1n) is 14.5. The number of anilines is 3. The topological polar surface area (TPSA) is 82.6 Å². The molecule has 0 saturated carbocycles. The van der Waals surface area contributed by atoms with E-state index in [0.29, 0.717) is 28.8 Å². The van der Waals surface area contributed by atoms with Gasteiger partial charge in [-0.25, -0.2) is 9.37 Å². The number of likely N-dealkylation sites (tertiary alicyclic amines) is 1. The molecule has 212 valence electrons. The lowest BCUT2D eigenvalue weighted by Gasteiger charge is -2.29. The molecule has 0 radical (unpaired) electrons. The Hall–Kier alpha value is -4.24. The molecule has 3 heterocycles. The van der Waals surface area contributed by atoms with Crippen LogP contribution in [0, 0.1) is 5.82 Å². The molecule has 2 aliphatic rings. The van der Waals surface area contributed by atoms with Gasteiger partial charge in [0.15, 0.2) is 0 Å². The molecule has 1 aromatic heterocycles. The van der Waals surface area contributed by atoms with E-state index in [1.54, 1.807) is 24.4 Å². The Morgan fingerprint density at radius 2 is 1.68 bits per heavy atom. The SMILES string of the molecule is O=C(Nc1ccc(Oc2ccnc(NCCN3CCCC3)n2)c2ccccc12)c1cc(F)cc(N2CCCCC2)c1. The average molecular weight is 555 g/mol. The first-order chi connectivity index (χ1) is 20.1. The van der Waals surface area contributed by atoms with Crippen LogP contribution in [-0.4, -0.2) is 60.0 Å². The maximum atomic E-state index is 14.5. The first kappa shape index (κ1) is 27.0. The monoisotopic (exact) mass is 554 g/mol. The van der Waals surface area contributed by atoms with Crippen molar-refractivity contribution in [2.45, 2.75) is 32.1 Å². The molecule has 6 rings (SSSR count). The van der Waals surface area contributed by atoms with E-state index in [9.17, 15) is 9.18 Å². The number of carbonyl (C=O) groups is 1. The van der Waals surface area contributed by atoms with Gasteiger partial charge < -0.3 is 25.2 Å². The van der Waals surface area contributed by atoms with Crippen molar-refractivity contribution in [1.82, 2.24) is 14.9 Å². The van der Waals surface area contributed by atoms with Gasteiger partial charge in [0.2, 0.25) is 11.8 Å². The molecule has 41 heavy (non-hydrogen) atoms. The van der Waals surface area contributed by atoms with Crippen molar-refractivity contribution in [3.8, 4) is 11.6 Å². The molecule has 4 aromatic rings. The van der Waals surface area contributed by atoms with Gasteiger partial charge in [-0.1, -0.05) is 24.3 Å². The molecule has 0 unspecified atom stereocenters. The second-order valence-corrected chi connectivity index (χ2v) is 10.7. The number of benzene rings is 3. The summed E-state index contributed by atoms with van der Waals surface area (Å²) < 4.78 is 20.7. The molecule has 1 amide bonds. The summed E-state index contributed by atoms with van der Waals surface area (Å²) in [4.78, 5) is 26.7. The van der Waals surface area contributed by atoms with Crippen LogP contribution in [0.3, 0.4) is 0 Å². The summed E-state index contributed by atoms with van der Waals surface area (Å²) in [5, 5.41) is 7.90. The molecule has 0 bridgehead atoms. The lowest BCUT2D eigenvalue weighted by atomic mass is 10.1. The van der Waals surface area contributed by atoms with Crippen LogP contribution in [0.2, 0.25) is 0 Å². The highest BCUT2D eigenvalue weighted by atomic mass is 19.1. The molecular weight excluding hydrogens is 519 g/mol. The predicted octanol–water partition coefficient (Wildman–Crippen LogP) is 6.31. The van der Waals surface area contributed by atoms with Gasteiger partial charge in [-0.15, -0.1) is 0 Å². The van der Waals surface area contributed by atoms with Crippen LogP contribution < -0.4 is 20.3 Å². The summed E-state index contributed by atoms with van der Waals surface area (Å²) in [6.45, 7) is 5.78. The number of amides is 1. The molecule has 0 atom stereocenters. The Morgan fingerprint density at radius 1 is 0.902 bits per heavy atom. The van der Waals surface area contributed by atoms with E-state index in [1.165, 1.54) is 31.4 Å². The molecule has 3 aromatic carbocycles. The summed E-state index contributed by atoms with van der Waals surface area (Å²) in [7, 11) is 0. The molecule has 2 fully saturated rings. The Kier molecular flexibility index (Phi) is 8.23. The minimum absolute atomic E-state index is 0.292. The average Bonchev–Trinajstić information content (AvgIpc) is 3.52. The van der Waals surface area contributed by atoms with E-state index in [0.717, 1.165) is 68.6 Å². The van der Waals surface area contributed by atoms with Crippen LogP contribution in [0.15, 0.2) is 66.9 Å². The predicted molar refractivity (Wildman–Crippen MR) is 161 cm³/mol. The van der Waals surface area contributed by atoms with E-state index in [-0.39, 0.29) is 5.91 Å². The second kappa shape index (κ2) is 12.5. The van der Waals surface area contributed by atoms with Crippen LogP contribution in [0.5, 0.6) is 11.6 Å². The Labute approximate surface area is 239 Å². The maximum absolute atomic E-state index is 14.5. The molecule has 0 spiro atoms. The lowest BCUT2D eigenvalue weighted by Crippen LogP contribution is -2.29. The number of hydrogen-bond acceptors (Lipinski definition) is 7. The van der Waals surface area contributed by atoms with Crippen LogP contribution in [0.1, 0.15) is 42.5 Å². The number of halogens is 1. The summed E-state index contributed by atoms with van der Waals surface area (Å²) >= 11 is 0. The third kappa shape index (κ3) is 6.57. The quantitative estimate of drug-likeness (QED) is 0.251. The van der Waals surface area contributed by atoms with Gasteiger partial charge in [-0.3, -0.25) is 4.79 Å². The lowest BCUT2D eigenvalue weighted by molar-refractivity contribution is 0.102. The van der Waals surface area contributed by atoms with Crippen molar-refractivity contribution in [3.05, 3.63) is 78.2 Å². The van der Waals surface area contributed by atoms with E-state index < -0.39 is 5.82 Å². The fourth-order valence-corrected chi connectivity index (χ4v) is 5.63. The van der Waals surface area contributed by atoms with Gasteiger partial charge >= 0.3 is 0 Å². The summed E-state index contributed by atoms with van der Waals surface area (Å²) in [5.74, 6) is 0.784. The number of nitrogens with zero attached hydrogens (tertiary/aromatic N) is 4. The van der Waals surface area contributed by atoms with Gasteiger partial charge in [-0.2, -0.15) is 4.98 Å². The zero-order valence-corrected chi connectivity index (χ0v) is 23.1. The normalized spacial score (nSPS) is 15.7. The summed E-state index contributed by atoms with van der Waals surface area (Å²) in [6.07, 6.45) is 7.53. The fourth-order valence-electron chi connectivity index (χ4n) is 5.63. The van der Waals surface area contributed by atoms with Crippen LogP contribution in [-0.2, 0) is 0 Å². The van der Waals surface area contributed by atoms with Gasteiger partial charge in [0.1, 0.15) is 11.6 Å². The van der Waals surface area contributed by atoms with Crippen molar-refractivity contribution < 1.29 is 13.9 Å². The minimum atomic E-state index is -0.415. The van der Waals surface area contributed by atoms with Crippen molar-refractivity contribution in [3.63, 3.8) is 0 Å². The van der Waals surface area contributed by atoms with Crippen LogP contribution in [0.25, 0.3) is 10.8 Å². The van der Waals surface area contributed by atoms with Crippen molar-refractivity contribution in [1.29, 1.82) is 0 Å². The van der Waals surface area contributed by atoms with E-state index >= 15 is 0 Å². The zero-order valence-electron chi connectivity index (χ0n) is 23.1. The van der Waals surface area contributed by atoms with E-state index in [4.69, 9.17) is 4.74 Å². The maximum Gasteiger partial charge on any atom is 0.255 e. The molecular formula is C32H35FN6O2. The highest BCUT2D eigenvalue weighted by Gasteiger charge is 2.17. The smallest absolute Gasteiger partial charge is 0.255 e. The van der Waals surface area contributed by atoms with Gasteiger partial charge in [0.25, 0.3) is 5.91 Å². The Morgan fingerprint density at radius 3 is 2.51 bits per heavy atom. The van der Waals surface area contributed by atoms with Crippen LogP contribution >= 0.6 is 0 Å². The van der Waals surface area contributed by atoms with Gasteiger partial charge in [0, 0.05) is 66.2 Å². The number of rotatable bonds is 9. The first-order valence-corrected chi connectivity index (χ1v) is 14.5. The number of nitrogens with one attached hydrogen (secondary N) is 2. The fraction of sp³-hybridized carbons (Fsp3) is 0.344. The number of aromatic nitrogens is 2. The van der Waals surface area contributed by atoms with Crippen molar-refractivity contribution >= 4 is 34.0 Å². The Bertz CT molecular complexity index is 1520. The van der Waals surface area contributed by atoms with E-state index in [1.807, 2.05) is 30.3 Å². The van der Waals surface area contributed by atoms with Gasteiger partial charge in [-0.05, 0) is 75.5 Å². The third-order valence-electron chi connectivity index (χ3n) is 7.75. The van der Waals surface area contributed by atoms with Gasteiger partial charge in [0.05, 0.1) is 0 Å². The standard InChI is InChI=1S/C32H35FN6O2/c33-24-20-23(21-25(22-24)39-17-4-1-5-18-39)31(40)36-28-10-11-29(27-9-3-2-8-26(27)28)41-30-12-13-34-32(37-30)35-14-19-38-15-6-7-16-38/h2-3,8-13,20-22H,1,4-7,14-19H2,(H,36,40)(H,34,35,37). The largest absolute Gasteiger partial charge is 0.438 e. The number of fused-ring (bicyclic) bond motifs is 1. The number of ether oxygens (including phenoxy) is 1. The molecule has 2 aliphatic heterocycles. The third-order valence-corrected chi connectivity index (χ3v) is 7.75. The second-order valence-electron chi connectivity index (χ2n) is 10.7. The molecule has 2 N–H and O–H groups in total. The number of carbonyl (C=O) groups excluding carboxylic acids is 1. The minimum Gasteiger partial charge on any atom is -0.438 e. The number of hydrogen-bond donors (Lipinski definition) is 2. The summed E-state index contributed by atoms with van der Waals surface area (Å²) in [6, 6.07) is 17.6. The molecule has 0 aliphatic carbocycles. The zero-order chi connectivity index (χ0) is 28.0.